The highest BCUT2D eigenvalue weighted by molar-refractivity contribution is 6.30. The van der Waals surface area contributed by atoms with Gasteiger partial charge in [-0.1, -0.05) is 23.7 Å². The molecular weight excluding hydrogens is 286 g/mol. The number of carbonyl (C=O) groups is 1. The van der Waals surface area contributed by atoms with Crippen LogP contribution in [0.25, 0.3) is 0 Å². The highest BCUT2D eigenvalue weighted by Crippen LogP contribution is 2.31. The molecule has 5 heteroatoms. The number of carbonyl (C=O) groups excluding carboxylic acids is 1. The van der Waals surface area contributed by atoms with Gasteiger partial charge >= 0.3 is 0 Å². The molecule has 3 rings (SSSR count). The Hall–Kier alpha value is -2.20. The lowest BCUT2D eigenvalue weighted by Gasteiger charge is -2.19. The number of rotatable bonds is 3. The Morgan fingerprint density at radius 3 is 2.90 bits per heavy atom. The number of nitrogen functional groups attached to an aromatic ring is 1. The Morgan fingerprint density at radius 1 is 1.29 bits per heavy atom. The van der Waals surface area contributed by atoms with Gasteiger partial charge in [-0.15, -0.1) is 0 Å². The minimum atomic E-state index is -0.0625. The van der Waals surface area contributed by atoms with Gasteiger partial charge in [0, 0.05) is 34.2 Å². The van der Waals surface area contributed by atoms with E-state index < -0.39 is 0 Å². The maximum absolute atomic E-state index is 12.1. The number of fused-ring (bicyclic) bond motifs is 1. The molecular formula is C16H16ClN3O. The number of nitrogens with two attached hydrogens (primary N) is 1. The van der Waals surface area contributed by atoms with Crippen molar-refractivity contribution in [2.75, 3.05) is 29.0 Å². The van der Waals surface area contributed by atoms with E-state index in [4.69, 9.17) is 17.3 Å². The Balaban J connectivity index is 1.69. The van der Waals surface area contributed by atoms with Crippen molar-refractivity contribution < 1.29 is 4.79 Å². The summed E-state index contributed by atoms with van der Waals surface area (Å²) in [4.78, 5) is 14.2. The number of anilines is 3. The molecule has 0 aliphatic carbocycles. The normalized spacial score (nSPS) is 13.1. The molecule has 1 aliphatic heterocycles. The first-order chi connectivity index (χ1) is 10.1. The molecule has 0 saturated carbocycles. The van der Waals surface area contributed by atoms with E-state index in [2.05, 4.69) is 5.32 Å². The lowest BCUT2D eigenvalue weighted by atomic mass is 10.1. The Bertz CT molecular complexity index is 687. The highest BCUT2D eigenvalue weighted by atomic mass is 35.5. The minimum absolute atomic E-state index is 0.0625. The van der Waals surface area contributed by atoms with Gasteiger partial charge < -0.3 is 16.0 Å². The second kappa shape index (κ2) is 5.66. The fourth-order valence-electron chi connectivity index (χ4n) is 2.63. The number of amides is 1. The van der Waals surface area contributed by atoms with Gasteiger partial charge in [-0.25, -0.2) is 0 Å². The van der Waals surface area contributed by atoms with E-state index >= 15 is 0 Å². The molecule has 1 aliphatic rings. The van der Waals surface area contributed by atoms with Gasteiger partial charge in [0.25, 0.3) is 0 Å². The van der Waals surface area contributed by atoms with Crippen molar-refractivity contribution in [3.8, 4) is 0 Å². The third kappa shape index (κ3) is 2.95. The van der Waals surface area contributed by atoms with E-state index in [1.807, 2.05) is 35.2 Å². The number of benzene rings is 2. The fourth-order valence-corrected chi connectivity index (χ4v) is 2.82. The number of hydrogen-bond acceptors (Lipinski definition) is 3. The summed E-state index contributed by atoms with van der Waals surface area (Å²) in [6, 6.07) is 13.0. The van der Waals surface area contributed by atoms with Gasteiger partial charge in [0.2, 0.25) is 5.91 Å². The molecule has 0 fully saturated rings. The summed E-state index contributed by atoms with van der Waals surface area (Å²) in [6.07, 6.45) is 0.881. The van der Waals surface area contributed by atoms with Crippen molar-refractivity contribution in [2.45, 2.75) is 6.42 Å². The van der Waals surface area contributed by atoms with Gasteiger partial charge in [0.15, 0.2) is 0 Å². The molecule has 1 heterocycles. The SMILES string of the molecule is Nc1cccc2c1CCN2CC(=O)Nc1cccc(Cl)c1. The molecule has 3 N–H and O–H groups in total. The molecule has 108 valence electrons. The van der Waals surface area contributed by atoms with Crippen LogP contribution in [-0.2, 0) is 11.2 Å². The van der Waals surface area contributed by atoms with Crippen LogP contribution in [0.1, 0.15) is 5.56 Å². The van der Waals surface area contributed by atoms with Crippen molar-refractivity contribution in [1.82, 2.24) is 0 Å². The summed E-state index contributed by atoms with van der Waals surface area (Å²) in [5.41, 5.74) is 9.65. The van der Waals surface area contributed by atoms with E-state index in [-0.39, 0.29) is 5.91 Å². The van der Waals surface area contributed by atoms with Crippen molar-refractivity contribution in [1.29, 1.82) is 0 Å². The first kappa shape index (κ1) is 13.8. The van der Waals surface area contributed by atoms with Crippen LogP contribution in [0, 0.1) is 0 Å². The van der Waals surface area contributed by atoms with Crippen molar-refractivity contribution in [2.24, 2.45) is 0 Å². The minimum Gasteiger partial charge on any atom is -0.398 e. The second-order valence-electron chi connectivity index (χ2n) is 5.07. The Kier molecular flexibility index (Phi) is 3.71. The van der Waals surface area contributed by atoms with E-state index in [9.17, 15) is 4.79 Å². The average Bonchev–Trinajstić information content (AvgIpc) is 2.83. The van der Waals surface area contributed by atoms with E-state index in [1.54, 1.807) is 12.1 Å². The summed E-state index contributed by atoms with van der Waals surface area (Å²) in [6.45, 7) is 1.12. The van der Waals surface area contributed by atoms with Crippen LogP contribution in [0.3, 0.4) is 0 Å². The molecule has 0 spiro atoms. The summed E-state index contributed by atoms with van der Waals surface area (Å²) >= 11 is 5.91. The molecule has 0 aromatic heterocycles. The predicted molar refractivity (Wildman–Crippen MR) is 86.9 cm³/mol. The predicted octanol–water partition coefficient (Wildman–Crippen LogP) is 2.92. The molecule has 0 radical (unpaired) electrons. The lowest BCUT2D eigenvalue weighted by Crippen LogP contribution is -2.31. The molecule has 2 aromatic rings. The van der Waals surface area contributed by atoms with E-state index in [0.717, 1.165) is 29.9 Å². The van der Waals surface area contributed by atoms with Crippen LogP contribution in [0.2, 0.25) is 5.02 Å². The quantitative estimate of drug-likeness (QED) is 0.857. The summed E-state index contributed by atoms with van der Waals surface area (Å²) in [5, 5.41) is 3.46. The zero-order valence-corrected chi connectivity index (χ0v) is 12.2. The van der Waals surface area contributed by atoms with Gasteiger partial charge in [-0.2, -0.15) is 0 Å². The van der Waals surface area contributed by atoms with Crippen molar-refractivity contribution in [3.63, 3.8) is 0 Å². The van der Waals surface area contributed by atoms with Crippen LogP contribution in [0.4, 0.5) is 17.1 Å². The Labute approximate surface area is 128 Å². The van der Waals surface area contributed by atoms with E-state index in [0.29, 0.717) is 17.3 Å². The summed E-state index contributed by atoms with van der Waals surface area (Å²) in [5.74, 6) is -0.0625. The molecule has 0 unspecified atom stereocenters. The first-order valence-corrected chi connectivity index (χ1v) is 7.19. The second-order valence-corrected chi connectivity index (χ2v) is 5.51. The average molecular weight is 302 g/mol. The number of nitrogens with zero attached hydrogens (tertiary/aromatic N) is 1. The molecule has 0 atom stereocenters. The van der Waals surface area contributed by atoms with Crippen LogP contribution in [-0.4, -0.2) is 19.0 Å². The first-order valence-electron chi connectivity index (χ1n) is 6.81. The van der Waals surface area contributed by atoms with E-state index in [1.165, 1.54) is 0 Å². The summed E-state index contributed by atoms with van der Waals surface area (Å²) < 4.78 is 0. The van der Waals surface area contributed by atoms with Gasteiger partial charge in [-0.05, 0) is 36.8 Å². The fraction of sp³-hybridized carbons (Fsp3) is 0.188. The summed E-state index contributed by atoms with van der Waals surface area (Å²) in [7, 11) is 0. The van der Waals surface area contributed by atoms with Gasteiger partial charge in [-0.3, -0.25) is 4.79 Å². The highest BCUT2D eigenvalue weighted by Gasteiger charge is 2.22. The van der Waals surface area contributed by atoms with Gasteiger partial charge in [0.1, 0.15) is 0 Å². The van der Waals surface area contributed by atoms with Crippen molar-refractivity contribution in [3.05, 3.63) is 53.1 Å². The monoisotopic (exact) mass is 301 g/mol. The standard InChI is InChI=1S/C16H16ClN3O/c17-11-3-1-4-12(9-11)19-16(21)10-20-8-7-13-14(18)5-2-6-15(13)20/h1-6,9H,7-8,10,18H2,(H,19,21). The van der Waals surface area contributed by atoms with Gasteiger partial charge in [0.05, 0.1) is 6.54 Å². The molecule has 4 nitrogen and oxygen atoms in total. The topological polar surface area (TPSA) is 58.4 Å². The lowest BCUT2D eigenvalue weighted by molar-refractivity contribution is -0.115. The third-order valence-corrected chi connectivity index (χ3v) is 3.84. The largest absolute Gasteiger partial charge is 0.398 e. The number of nitrogens with one attached hydrogen (secondary N) is 1. The number of halogens is 1. The maximum Gasteiger partial charge on any atom is 0.243 e. The smallest absolute Gasteiger partial charge is 0.243 e. The Morgan fingerprint density at radius 2 is 2.10 bits per heavy atom. The molecule has 1 amide bonds. The molecule has 0 saturated heterocycles. The van der Waals surface area contributed by atoms with Crippen LogP contribution >= 0.6 is 11.6 Å². The number of hydrogen-bond donors (Lipinski definition) is 2. The van der Waals surface area contributed by atoms with Crippen molar-refractivity contribution >= 4 is 34.6 Å². The van der Waals surface area contributed by atoms with Crippen LogP contribution in [0.5, 0.6) is 0 Å². The zero-order valence-electron chi connectivity index (χ0n) is 11.5. The maximum atomic E-state index is 12.1. The van der Waals surface area contributed by atoms with Crippen LogP contribution < -0.4 is 16.0 Å². The molecule has 0 bridgehead atoms. The van der Waals surface area contributed by atoms with Crippen LogP contribution in [0.15, 0.2) is 42.5 Å². The zero-order chi connectivity index (χ0) is 14.8. The molecule has 2 aromatic carbocycles. The molecule has 21 heavy (non-hydrogen) atoms. The third-order valence-electron chi connectivity index (χ3n) is 3.60.